The molecule has 3 aromatic carbocycles. The molecule has 0 aromatic heterocycles. The van der Waals surface area contributed by atoms with E-state index in [0.717, 1.165) is 12.1 Å². The Balaban J connectivity index is 2.17. The van der Waals surface area contributed by atoms with Gasteiger partial charge in [-0.3, -0.25) is 0 Å². The van der Waals surface area contributed by atoms with Crippen molar-refractivity contribution in [2.24, 2.45) is 0 Å². The molecule has 0 saturated carbocycles. The van der Waals surface area contributed by atoms with Gasteiger partial charge in [0.1, 0.15) is 0 Å². The molecule has 0 heterocycles. The van der Waals surface area contributed by atoms with E-state index in [-0.39, 0.29) is 67.5 Å². The topological polar surface area (TPSA) is 105 Å². The van der Waals surface area contributed by atoms with Crippen LogP contribution >= 0.6 is 0 Å². The van der Waals surface area contributed by atoms with E-state index >= 15 is 0 Å². The first-order valence-electron chi connectivity index (χ1n) is 13.4. The number of benzene rings is 3. The summed E-state index contributed by atoms with van der Waals surface area (Å²) in [6, 6.07) is 11.0. The van der Waals surface area contributed by atoms with E-state index < -0.39 is 35.6 Å². The first-order valence-corrected chi connectivity index (χ1v) is 13.4. The summed E-state index contributed by atoms with van der Waals surface area (Å²) in [6.45, 7) is 19.5. The minimum atomic E-state index is -4.86. The summed E-state index contributed by atoms with van der Waals surface area (Å²) in [5.74, 6) is -4.33. The lowest BCUT2D eigenvalue weighted by atomic mass is 9.94. The van der Waals surface area contributed by atoms with Gasteiger partial charge in [0.25, 0.3) is 0 Å². The highest BCUT2D eigenvalue weighted by Gasteiger charge is 2.34. The highest BCUT2D eigenvalue weighted by Crippen LogP contribution is 2.43. The van der Waals surface area contributed by atoms with Gasteiger partial charge >= 0.3 is 30.1 Å². The minimum Gasteiger partial charge on any atom is -0.419 e. The predicted octanol–water partition coefficient (Wildman–Crippen LogP) is 7.97. The maximum absolute atomic E-state index is 14.5. The van der Waals surface area contributed by atoms with Crippen LogP contribution in [0.1, 0.15) is 33.3 Å². The Morgan fingerprint density at radius 3 is 1.22 bits per heavy atom. The van der Waals surface area contributed by atoms with E-state index in [4.69, 9.17) is 18.9 Å². The van der Waals surface area contributed by atoms with Gasteiger partial charge in [-0.05, 0) is 80.3 Å². The van der Waals surface area contributed by atoms with E-state index in [1.807, 2.05) is 0 Å². The molecule has 0 aliphatic rings. The van der Waals surface area contributed by atoms with E-state index in [0.29, 0.717) is 0 Å². The maximum atomic E-state index is 14.5. The van der Waals surface area contributed by atoms with Crippen LogP contribution in [0.25, 0.3) is 22.3 Å². The molecule has 3 rings (SSSR count). The van der Waals surface area contributed by atoms with E-state index in [9.17, 15) is 32.3 Å². The molecular formula is C35H29F3O8. The molecule has 0 aliphatic carbocycles. The van der Waals surface area contributed by atoms with Crippen LogP contribution in [0.5, 0.6) is 23.0 Å². The molecule has 238 valence electrons. The van der Waals surface area contributed by atoms with Gasteiger partial charge in [0.15, 0.2) is 23.0 Å². The molecule has 3 aromatic rings. The van der Waals surface area contributed by atoms with Crippen LogP contribution in [0.3, 0.4) is 0 Å². The molecule has 0 amide bonds. The van der Waals surface area contributed by atoms with Crippen molar-refractivity contribution in [1.82, 2.24) is 0 Å². The van der Waals surface area contributed by atoms with Gasteiger partial charge in [0.2, 0.25) is 0 Å². The van der Waals surface area contributed by atoms with E-state index in [2.05, 4.69) is 26.3 Å². The number of esters is 4. The summed E-state index contributed by atoms with van der Waals surface area (Å²) in [5.41, 5.74) is -0.984. The molecule has 0 atom stereocenters. The third-order valence-corrected chi connectivity index (χ3v) is 6.06. The van der Waals surface area contributed by atoms with E-state index in [1.165, 1.54) is 70.2 Å². The van der Waals surface area contributed by atoms with Crippen LogP contribution in [0, 0.1) is 0 Å². The molecule has 0 radical (unpaired) electrons. The molecule has 0 unspecified atom stereocenters. The standard InChI is InChI=1S/C35H29F3O8/c1-18(2)31(39)43-27-13-10-23(16-29(27)45-33(41)20(5)6)22-9-12-25(26(15-22)35(36,37)38)24-11-14-28(44-32(40)19(3)4)30(17-24)46-34(42)21(7)8/h9-17H,1,3,5,7H2,2,4,6,8H3. The summed E-state index contributed by atoms with van der Waals surface area (Å²) in [6.07, 6.45) is -4.86. The number of carbonyl (C=O) groups excluding carboxylic acids is 4. The van der Waals surface area contributed by atoms with Crippen molar-refractivity contribution >= 4 is 23.9 Å². The zero-order valence-electron chi connectivity index (χ0n) is 25.4. The summed E-state index contributed by atoms with van der Waals surface area (Å²) < 4.78 is 64.5. The quantitative estimate of drug-likeness (QED) is 0.126. The Kier molecular flexibility index (Phi) is 10.5. The molecule has 0 spiro atoms. The molecule has 0 saturated heterocycles. The number of carbonyl (C=O) groups is 4. The first kappa shape index (κ1) is 34.8. The Morgan fingerprint density at radius 2 is 0.826 bits per heavy atom. The van der Waals surface area contributed by atoms with Gasteiger partial charge < -0.3 is 18.9 Å². The summed E-state index contributed by atoms with van der Waals surface area (Å²) >= 11 is 0. The Morgan fingerprint density at radius 1 is 0.500 bits per heavy atom. The second-order valence-electron chi connectivity index (χ2n) is 10.3. The molecule has 11 heteroatoms. The third kappa shape index (κ3) is 8.47. The Bertz CT molecular complexity index is 1810. The van der Waals surface area contributed by atoms with Gasteiger partial charge in [0.05, 0.1) is 5.56 Å². The third-order valence-electron chi connectivity index (χ3n) is 6.06. The fourth-order valence-electron chi connectivity index (χ4n) is 3.65. The zero-order valence-corrected chi connectivity index (χ0v) is 25.4. The highest BCUT2D eigenvalue weighted by molar-refractivity contribution is 5.93. The smallest absolute Gasteiger partial charge is 0.417 e. The number of hydrogen-bond donors (Lipinski definition) is 0. The molecule has 8 nitrogen and oxygen atoms in total. The van der Waals surface area contributed by atoms with Crippen LogP contribution in [0.15, 0.2) is 103 Å². The van der Waals surface area contributed by atoms with Crippen LogP contribution in [-0.2, 0) is 25.4 Å². The summed E-state index contributed by atoms with van der Waals surface area (Å²) in [7, 11) is 0. The van der Waals surface area contributed by atoms with E-state index in [1.54, 1.807) is 0 Å². The van der Waals surface area contributed by atoms with Crippen LogP contribution in [-0.4, -0.2) is 23.9 Å². The average molecular weight is 635 g/mol. The molecule has 0 bridgehead atoms. The fraction of sp³-hybridized carbons (Fsp3) is 0.143. The van der Waals surface area contributed by atoms with Gasteiger partial charge in [0, 0.05) is 22.3 Å². The SMILES string of the molecule is C=C(C)C(=O)Oc1ccc(-c2ccc(-c3ccc(OC(=O)C(=C)C)c(OC(=O)C(=C)C)c3)c(C(F)(F)F)c2)cc1OC(=O)C(=C)C. The Hall–Kier alpha value is -5.71. The first-order chi connectivity index (χ1) is 21.4. The summed E-state index contributed by atoms with van der Waals surface area (Å²) in [4.78, 5) is 48.8. The zero-order chi connectivity index (χ0) is 34.5. The number of rotatable bonds is 10. The molecule has 46 heavy (non-hydrogen) atoms. The Labute approximate surface area is 263 Å². The molecule has 0 N–H and O–H groups in total. The number of halogens is 3. The van der Waals surface area contributed by atoms with Crippen LogP contribution in [0.4, 0.5) is 13.2 Å². The lowest BCUT2D eigenvalue weighted by molar-refractivity contribution is -0.137. The number of alkyl halides is 3. The minimum absolute atomic E-state index is 0.00312. The highest BCUT2D eigenvalue weighted by atomic mass is 19.4. The van der Waals surface area contributed by atoms with Gasteiger partial charge in [-0.25, -0.2) is 19.2 Å². The van der Waals surface area contributed by atoms with Crippen molar-refractivity contribution in [3.05, 3.63) is 109 Å². The van der Waals surface area contributed by atoms with Crippen molar-refractivity contribution in [2.75, 3.05) is 0 Å². The van der Waals surface area contributed by atoms with Crippen molar-refractivity contribution < 1.29 is 51.3 Å². The lowest BCUT2D eigenvalue weighted by Gasteiger charge is -2.18. The largest absolute Gasteiger partial charge is 0.419 e. The van der Waals surface area contributed by atoms with Crippen molar-refractivity contribution in [1.29, 1.82) is 0 Å². The van der Waals surface area contributed by atoms with Gasteiger partial charge in [-0.2, -0.15) is 13.2 Å². The monoisotopic (exact) mass is 634 g/mol. The summed E-state index contributed by atoms with van der Waals surface area (Å²) in [5, 5.41) is 0. The van der Waals surface area contributed by atoms with Crippen LogP contribution < -0.4 is 18.9 Å². The number of hydrogen-bond acceptors (Lipinski definition) is 8. The fourth-order valence-corrected chi connectivity index (χ4v) is 3.65. The maximum Gasteiger partial charge on any atom is 0.417 e. The normalized spacial score (nSPS) is 10.8. The van der Waals surface area contributed by atoms with Crippen molar-refractivity contribution in [2.45, 2.75) is 33.9 Å². The van der Waals surface area contributed by atoms with Gasteiger partial charge in [-0.15, -0.1) is 0 Å². The van der Waals surface area contributed by atoms with Gasteiger partial charge in [-0.1, -0.05) is 50.6 Å². The average Bonchev–Trinajstić information content (AvgIpc) is 2.97. The molecule has 0 aliphatic heterocycles. The second kappa shape index (κ2) is 13.9. The van der Waals surface area contributed by atoms with Crippen molar-refractivity contribution in [3.63, 3.8) is 0 Å². The number of ether oxygens (including phenoxy) is 4. The van der Waals surface area contributed by atoms with Crippen LogP contribution in [0.2, 0.25) is 0 Å². The predicted molar refractivity (Wildman–Crippen MR) is 164 cm³/mol. The molecular weight excluding hydrogens is 605 g/mol. The lowest BCUT2D eigenvalue weighted by Crippen LogP contribution is -2.13. The molecule has 0 fully saturated rings. The second-order valence-corrected chi connectivity index (χ2v) is 10.3. The van der Waals surface area contributed by atoms with Crippen molar-refractivity contribution in [3.8, 4) is 45.3 Å².